The molecule has 0 aliphatic heterocycles. The van der Waals surface area contributed by atoms with Crippen LogP contribution in [-0.2, 0) is 4.74 Å². The highest BCUT2D eigenvalue weighted by molar-refractivity contribution is 6.04. The normalized spacial score (nSPS) is 10.8. The average molecular weight is 434 g/mol. The summed E-state index contributed by atoms with van der Waals surface area (Å²) in [5, 5.41) is 4.34. The minimum absolute atomic E-state index is 0.0366. The van der Waals surface area contributed by atoms with Crippen LogP contribution in [0.5, 0.6) is 5.75 Å². The molecule has 7 nitrogen and oxygen atoms in total. The van der Waals surface area contributed by atoms with E-state index < -0.39 is 5.97 Å². The molecule has 0 bridgehead atoms. The van der Waals surface area contributed by atoms with Gasteiger partial charge in [0.05, 0.1) is 27.9 Å². The quantitative estimate of drug-likeness (QED) is 0.235. The number of ether oxygens (including phenoxy) is 2. The van der Waals surface area contributed by atoms with Crippen LogP contribution in [-0.4, -0.2) is 35.1 Å². The number of nitrogens with zero attached hydrogens (tertiary/aromatic N) is 2. The summed E-state index contributed by atoms with van der Waals surface area (Å²) in [5.41, 5.74) is 2.41. The summed E-state index contributed by atoms with van der Waals surface area (Å²) in [6.07, 6.45) is 0. The van der Waals surface area contributed by atoms with Gasteiger partial charge < -0.3 is 14.0 Å². The van der Waals surface area contributed by atoms with Crippen LogP contribution in [0, 0.1) is 12.7 Å². The Morgan fingerprint density at radius 1 is 1.03 bits per heavy atom. The summed E-state index contributed by atoms with van der Waals surface area (Å²) >= 11 is 0. The Hall–Kier alpha value is -4.07. The number of halogens is 1. The Kier molecular flexibility index (Phi) is 5.93. The highest BCUT2D eigenvalue weighted by Gasteiger charge is 2.20. The van der Waals surface area contributed by atoms with E-state index in [9.17, 15) is 14.0 Å². The van der Waals surface area contributed by atoms with Gasteiger partial charge in [-0.05, 0) is 56.3 Å². The highest BCUT2D eigenvalue weighted by Crippen LogP contribution is 2.28. The first kappa shape index (κ1) is 21.2. The molecule has 2 heterocycles. The molecule has 8 heteroatoms. The van der Waals surface area contributed by atoms with Crippen LogP contribution in [0.1, 0.15) is 33.3 Å². The molecule has 162 valence electrons. The summed E-state index contributed by atoms with van der Waals surface area (Å²) in [6, 6.07) is 14.1. The van der Waals surface area contributed by atoms with Gasteiger partial charge in [-0.2, -0.15) is 0 Å². The maximum absolute atomic E-state index is 13.3. The number of rotatable bonds is 7. The molecule has 4 aromatic rings. The van der Waals surface area contributed by atoms with Crippen LogP contribution in [0.3, 0.4) is 0 Å². The summed E-state index contributed by atoms with van der Waals surface area (Å²) in [5.74, 6) is -0.671. The molecular weight excluding hydrogens is 415 g/mol. The summed E-state index contributed by atoms with van der Waals surface area (Å²) in [4.78, 5) is 28.9. The molecule has 0 spiro atoms. The number of hydrogen-bond acceptors (Lipinski definition) is 7. The van der Waals surface area contributed by atoms with E-state index in [0.717, 1.165) is 0 Å². The van der Waals surface area contributed by atoms with E-state index in [1.54, 1.807) is 49.4 Å². The molecule has 2 aromatic carbocycles. The second-order valence-corrected chi connectivity index (χ2v) is 7.05. The number of benzene rings is 2. The maximum atomic E-state index is 13.3. The first-order valence-corrected chi connectivity index (χ1v) is 9.87. The Bertz CT molecular complexity index is 1300. The molecule has 4 rings (SSSR count). The summed E-state index contributed by atoms with van der Waals surface area (Å²) < 4.78 is 29.5. The van der Waals surface area contributed by atoms with Crippen LogP contribution in [0.25, 0.3) is 22.4 Å². The predicted molar refractivity (Wildman–Crippen MR) is 114 cm³/mol. The Morgan fingerprint density at radius 3 is 2.53 bits per heavy atom. The molecule has 0 amide bonds. The third kappa shape index (κ3) is 4.34. The Balaban J connectivity index is 1.52. The molecule has 0 fully saturated rings. The van der Waals surface area contributed by atoms with Crippen molar-refractivity contribution in [2.75, 3.05) is 13.2 Å². The zero-order valence-electron chi connectivity index (χ0n) is 17.4. The topological polar surface area (TPSA) is 91.5 Å². The van der Waals surface area contributed by atoms with Gasteiger partial charge in [-0.3, -0.25) is 4.79 Å². The number of esters is 1. The number of aromatic nitrogens is 2. The average Bonchev–Trinajstić information content (AvgIpc) is 3.17. The lowest BCUT2D eigenvalue weighted by atomic mass is 10.1. The van der Waals surface area contributed by atoms with E-state index in [4.69, 9.17) is 14.0 Å². The van der Waals surface area contributed by atoms with Gasteiger partial charge in [0.2, 0.25) is 0 Å². The van der Waals surface area contributed by atoms with Crippen molar-refractivity contribution in [1.29, 1.82) is 0 Å². The number of carbonyl (C=O) groups excluding carboxylic acids is 2. The van der Waals surface area contributed by atoms with Crippen molar-refractivity contribution in [3.8, 4) is 17.0 Å². The Morgan fingerprint density at radius 2 is 1.78 bits per heavy atom. The largest absolute Gasteiger partial charge is 0.489 e. The van der Waals surface area contributed by atoms with Gasteiger partial charge in [-0.1, -0.05) is 17.3 Å². The van der Waals surface area contributed by atoms with Crippen LogP contribution >= 0.6 is 0 Å². The number of hydrogen-bond donors (Lipinski definition) is 0. The smallest absolute Gasteiger partial charge is 0.339 e. The molecule has 0 atom stereocenters. The molecule has 0 saturated heterocycles. The molecule has 0 aliphatic rings. The van der Waals surface area contributed by atoms with Gasteiger partial charge in [0.1, 0.15) is 24.8 Å². The van der Waals surface area contributed by atoms with E-state index in [0.29, 0.717) is 33.7 Å². The zero-order valence-corrected chi connectivity index (χ0v) is 17.4. The standard InChI is InChI=1S/C24H19FN2O5/c1-14-22-19(13-20(26-23(22)32-27-14)16-7-9-17(25)10-8-16)24(29)31-12-11-30-21-6-4-3-5-18(21)15(2)28/h3-10,13H,11-12H2,1-2H3. The maximum Gasteiger partial charge on any atom is 0.339 e. The van der Waals surface area contributed by atoms with Crippen LogP contribution in [0.4, 0.5) is 4.39 Å². The van der Waals surface area contributed by atoms with Crippen LogP contribution in [0.2, 0.25) is 0 Å². The van der Waals surface area contributed by atoms with Crippen molar-refractivity contribution in [1.82, 2.24) is 10.1 Å². The number of aryl methyl sites for hydroxylation is 1. The second-order valence-electron chi connectivity index (χ2n) is 7.05. The summed E-state index contributed by atoms with van der Waals surface area (Å²) in [6.45, 7) is 3.18. The van der Waals surface area contributed by atoms with Crippen molar-refractivity contribution in [3.63, 3.8) is 0 Å². The van der Waals surface area contributed by atoms with Gasteiger partial charge in [-0.15, -0.1) is 0 Å². The third-order valence-electron chi connectivity index (χ3n) is 4.82. The molecular formula is C24H19FN2O5. The Labute approximate surface area is 182 Å². The van der Waals surface area contributed by atoms with E-state index >= 15 is 0 Å². The fourth-order valence-corrected chi connectivity index (χ4v) is 3.27. The number of para-hydroxylation sites is 1. The molecule has 2 aromatic heterocycles. The molecule has 0 aliphatic carbocycles. The first-order valence-electron chi connectivity index (χ1n) is 9.87. The minimum atomic E-state index is -0.601. The van der Waals surface area contributed by atoms with Crippen molar-refractivity contribution in [2.24, 2.45) is 0 Å². The first-order chi connectivity index (χ1) is 15.4. The highest BCUT2D eigenvalue weighted by atomic mass is 19.1. The fourth-order valence-electron chi connectivity index (χ4n) is 3.27. The second kappa shape index (κ2) is 8.97. The van der Waals surface area contributed by atoms with Gasteiger partial charge in [0.25, 0.3) is 5.71 Å². The van der Waals surface area contributed by atoms with Gasteiger partial charge in [0.15, 0.2) is 5.78 Å². The lowest BCUT2D eigenvalue weighted by molar-refractivity contribution is 0.0451. The van der Waals surface area contributed by atoms with Gasteiger partial charge in [-0.25, -0.2) is 14.2 Å². The zero-order chi connectivity index (χ0) is 22.7. The van der Waals surface area contributed by atoms with E-state index in [1.165, 1.54) is 19.1 Å². The number of carbonyl (C=O) groups is 2. The molecule has 0 radical (unpaired) electrons. The number of ketones is 1. The minimum Gasteiger partial charge on any atom is -0.489 e. The number of pyridine rings is 1. The molecule has 0 unspecified atom stereocenters. The van der Waals surface area contributed by atoms with E-state index in [1.807, 2.05) is 0 Å². The summed E-state index contributed by atoms with van der Waals surface area (Å²) in [7, 11) is 0. The molecule has 0 saturated carbocycles. The van der Waals surface area contributed by atoms with Crippen molar-refractivity contribution < 1.29 is 28.0 Å². The van der Waals surface area contributed by atoms with E-state index in [-0.39, 0.29) is 36.1 Å². The van der Waals surface area contributed by atoms with Crippen LogP contribution in [0.15, 0.2) is 59.1 Å². The monoisotopic (exact) mass is 434 g/mol. The SMILES string of the molecule is CC(=O)c1ccccc1OCCOC(=O)c1cc(-c2ccc(F)cc2)nc2onc(C)c12. The van der Waals surface area contributed by atoms with Crippen molar-refractivity contribution >= 4 is 22.9 Å². The number of fused-ring (bicyclic) bond motifs is 1. The lowest BCUT2D eigenvalue weighted by Crippen LogP contribution is -2.14. The number of Topliss-reactive ketones (excluding diaryl/α,β-unsaturated/α-hetero) is 1. The molecule has 32 heavy (non-hydrogen) atoms. The lowest BCUT2D eigenvalue weighted by Gasteiger charge is -2.11. The van der Waals surface area contributed by atoms with Crippen LogP contribution < -0.4 is 4.74 Å². The van der Waals surface area contributed by atoms with Crippen molar-refractivity contribution in [3.05, 3.63) is 77.2 Å². The molecule has 0 N–H and O–H groups in total. The van der Waals surface area contributed by atoms with Gasteiger partial charge >= 0.3 is 5.97 Å². The predicted octanol–water partition coefficient (Wildman–Crippen LogP) is 4.78. The fraction of sp³-hybridized carbons (Fsp3) is 0.167. The van der Waals surface area contributed by atoms with Crippen molar-refractivity contribution in [2.45, 2.75) is 13.8 Å². The third-order valence-corrected chi connectivity index (χ3v) is 4.82. The van der Waals surface area contributed by atoms with Gasteiger partial charge in [0, 0.05) is 5.56 Å². The van der Waals surface area contributed by atoms with E-state index in [2.05, 4.69) is 10.1 Å².